The number of carbonyl (C=O) groups is 1. The van der Waals surface area contributed by atoms with E-state index in [0.29, 0.717) is 6.04 Å². The van der Waals surface area contributed by atoms with Gasteiger partial charge in [-0.3, -0.25) is 9.69 Å². The summed E-state index contributed by atoms with van der Waals surface area (Å²) >= 11 is 0. The number of amides is 1. The number of hydrogen-bond acceptors (Lipinski definition) is 2. The van der Waals surface area contributed by atoms with E-state index >= 15 is 0 Å². The lowest BCUT2D eigenvalue weighted by Crippen LogP contribution is -2.65. The van der Waals surface area contributed by atoms with Gasteiger partial charge in [0.05, 0.1) is 0 Å². The molecule has 3 fully saturated rings. The fourth-order valence-corrected chi connectivity index (χ4v) is 4.95. The lowest BCUT2D eigenvalue weighted by molar-refractivity contribution is -0.141. The molecule has 3 nitrogen and oxygen atoms in total. The molecule has 3 heteroatoms. The molecule has 0 aromatic heterocycles. The fraction of sp³-hybridized carbons (Fsp3) is 0.800. The molecule has 4 aliphatic heterocycles. The molecule has 4 rings (SSSR count). The first-order chi connectivity index (χ1) is 8.84. The minimum Gasteiger partial charge on any atom is -0.335 e. The third kappa shape index (κ3) is 1.49. The Morgan fingerprint density at radius 3 is 2.89 bits per heavy atom. The van der Waals surface area contributed by atoms with Crippen LogP contribution in [0.15, 0.2) is 12.2 Å². The van der Waals surface area contributed by atoms with E-state index in [1.165, 1.54) is 38.8 Å². The zero-order valence-electron chi connectivity index (χ0n) is 10.9. The Kier molecular flexibility index (Phi) is 2.51. The standard InChI is InChI=1S/C15H22N2O/c18-14-7-1-6-13-12-5-3-9-16-8-2-4-11(15(12)16)10-17(13)14/h1,7,11-13,15H,2-6,8-10H2/t11-,12-,13-,15-/m0/s1. The van der Waals surface area contributed by atoms with Crippen molar-refractivity contribution in [3.63, 3.8) is 0 Å². The zero-order chi connectivity index (χ0) is 12.1. The first-order valence-electron chi connectivity index (χ1n) is 7.56. The van der Waals surface area contributed by atoms with Crippen LogP contribution in [0.4, 0.5) is 0 Å². The van der Waals surface area contributed by atoms with E-state index in [9.17, 15) is 4.79 Å². The van der Waals surface area contributed by atoms with Crippen LogP contribution in [0.5, 0.6) is 0 Å². The Morgan fingerprint density at radius 2 is 2.00 bits per heavy atom. The maximum absolute atomic E-state index is 12.1. The van der Waals surface area contributed by atoms with Crippen molar-refractivity contribution in [1.82, 2.24) is 9.80 Å². The van der Waals surface area contributed by atoms with Gasteiger partial charge < -0.3 is 4.90 Å². The normalized spacial score (nSPS) is 43.6. The minimum absolute atomic E-state index is 0.271. The smallest absolute Gasteiger partial charge is 0.246 e. The minimum atomic E-state index is 0.271. The molecule has 0 radical (unpaired) electrons. The summed E-state index contributed by atoms with van der Waals surface area (Å²) in [6.07, 6.45) is 10.3. The summed E-state index contributed by atoms with van der Waals surface area (Å²) in [4.78, 5) is 17.0. The van der Waals surface area contributed by atoms with Crippen molar-refractivity contribution >= 4 is 5.91 Å². The van der Waals surface area contributed by atoms with Gasteiger partial charge in [-0.1, -0.05) is 6.08 Å². The molecular weight excluding hydrogens is 224 g/mol. The molecule has 4 atom stereocenters. The van der Waals surface area contributed by atoms with E-state index in [1.54, 1.807) is 6.08 Å². The average molecular weight is 246 g/mol. The van der Waals surface area contributed by atoms with E-state index in [1.807, 2.05) is 0 Å². The molecule has 1 amide bonds. The number of rotatable bonds is 0. The van der Waals surface area contributed by atoms with E-state index in [4.69, 9.17) is 0 Å². The molecule has 18 heavy (non-hydrogen) atoms. The predicted molar refractivity (Wildman–Crippen MR) is 70.1 cm³/mol. The highest BCUT2D eigenvalue weighted by Crippen LogP contribution is 2.43. The van der Waals surface area contributed by atoms with Gasteiger partial charge in [0.1, 0.15) is 0 Å². The molecule has 98 valence electrons. The summed E-state index contributed by atoms with van der Waals surface area (Å²) in [7, 11) is 0. The SMILES string of the molecule is O=C1C=CC[C@H]2[C@@H]3CCCN4CCC[C@@H](CN12)[C@@H]34. The van der Waals surface area contributed by atoms with Crippen molar-refractivity contribution < 1.29 is 4.79 Å². The quantitative estimate of drug-likeness (QED) is 0.649. The van der Waals surface area contributed by atoms with Crippen molar-refractivity contribution in [2.45, 2.75) is 44.2 Å². The molecule has 4 heterocycles. The van der Waals surface area contributed by atoms with Gasteiger partial charge in [0.25, 0.3) is 0 Å². The predicted octanol–water partition coefficient (Wildman–Crippen LogP) is 1.65. The molecule has 0 aromatic carbocycles. The van der Waals surface area contributed by atoms with Crippen LogP contribution in [-0.2, 0) is 4.79 Å². The summed E-state index contributed by atoms with van der Waals surface area (Å²) in [5, 5.41) is 0. The number of nitrogens with zero attached hydrogens (tertiary/aromatic N) is 2. The molecule has 0 aliphatic carbocycles. The van der Waals surface area contributed by atoms with Gasteiger partial charge in [-0.15, -0.1) is 0 Å². The summed E-state index contributed by atoms with van der Waals surface area (Å²) in [5.41, 5.74) is 0. The number of carbonyl (C=O) groups excluding carboxylic acids is 1. The highest BCUT2D eigenvalue weighted by atomic mass is 16.2. The average Bonchev–Trinajstić information content (AvgIpc) is 2.41. The van der Waals surface area contributed by atoms with Crippen molar-refractivity contribution in [1.29, 1.82) is 0 Å². The molecule has 0 aromatic rings. The van der Waals surface area contributed by atoms with Crippen molar-refractivity contribution in [2.24, 2.45) is 11.8 Å². The Balaban J connectivity index is 1.68. The number of fused-ring (bicyclic) bond motifs is 2. The zero-order valence-corrected chi connectivity index (χ0v) is 10.9. The summed E-state index contributed by atoms with van der Waals surface area (Å²) in [6.45, 7) is 3.62. The van der Waals surface area contributed by atoms with Crippen LogP contribution in [0.25, 0.3) is 0 Å². The molecule has 4 aliphatic rings. The van der Waals surface area contributed by atoms with E-state index in [-0.39, 0.29) is 5.91 Å². The Morgan fingerprint density at radius 1 is 1.17 bits per heavy atom. The number of piperidine rings is 3. The second kappa shape index (κ2) is 4.09. The molecule has 0 N–H and O–H groups in total. The molecular formula is C15H22N2O. The van der Waals surface area contributed by atoms with Crippen LogP contribution in [0, 0.1) is 11.8 Å². The van der Waals surface area contributed by atoms with Gasteiger partial charge in [-0.25, -0.2) is 0 Å². The molecule has 0 bridgehead atoms. The Labute approximate surface area is 109 Å². The third-order valence-corrected chi connectivity index (χ3v) is 5.59. The summed E-state index contributed by atoms with van der Waals surface area (Å²) in [5.74, 6) is 1.76. The van der Waals surface area contributed by atoms with Crippen LogP contribution < -0.4 is 0 Å². The third-order valence-electron chi connectivity index (χ3n) is 5.59. The number of hydrogen-bond donors (Lipinski definition) is 0. The van der Waals surface area contributed by atoms with Gasteiger partial charge in [-0.05, 0) is 63.1 Å². The van der Waals surface area contributed by atoms with Crippen molar-refractivity contribution in [2.75, 3.05) is 19.6 Å². The molecule has 0 unspecified atom stereocenters. The van der Waals surface area contributed by atoms with E-state index in [0.717, 1.165) is 30.8 Å². The summed E-state index contributed by atoms with van der Waals surface area (Å²) < 4.78 is 0. The van der Waals surface area contributed by atoms with Crippen LogP contribution >= 0.6 is 0 Å². The maximum Gasteiger partial charge on any atom is 0.246 e. The van der Waals surface area contributed by atoms with Crippen LogP contribution in [0.2, 0.25) is 0 Å². The van der Waals surface area contributed by atoms with Crippen LogP contribution in [0.1, 0.15) is 32.1 Å². The highest BCUT2D eigenvalue weighted by Gasteiger charge is 2.49. The van der Waals surface area contributed by atoms with Gasteiger partial charge >= 0.3 is 0 Å². The second-order valence-corrected chi connectivity index (χ2v) is 6.43. The van der Waals surface area contributed by atoms with Gasteiger partial charge in [-0.2, -0.15) is 0 Å². The summed E-state index contributed by atoms with van der Waals surface area (Å²) in [6, 6.07) is 1.29. The first-order valence-corrected chi connectivity index (χ1v) is 7.56. The highest BCUT2D eigenvalue weighted by molar-refractivity contribution is 5.88. The lowest BCUT2D eigenvalue weighted by Gasteiger charge is -2.57. The second-order valence-electron chi connectivity index (χ2n) is 6.43. The molecule has 3 saturated heterocycles. The lowest BCUT2D eigenvalue weighted by atomic mass is 9.68. The van der Waals surface area contributed by atoms with Crippen molar-refractivity contribution in [3.05, 3.63) is 12.2 Å². The van der Waals surface area contributed by atoms with Gasteiger partial charge in [0.2, 0.25) is 5.91 Å². The van der Waals surface area contributed by atoms with Crippen molar-refractivity contribution in [3.8, 4) is 0 Å². The topological polar surface area (TPSA) is 23.6 Å². The van der Waals surface area contributed by atoms with Gasteiger partial charge in [0, 0.05) is 18.6 Å². The Bertz CT molecular complexity index is 390. The van der Waals surface area contributed by atoms with E-state index < -0.39 is 0 Å². The monoisotopic (exact) mass is 246 g/mol. The molecule has 0 saturated carbocycles. The van der Waals surface area contributed by atoms with Crippen LogP contribution in [-0.4, -0.2) is 47.4 Å². The Hall–Kier alpha value is -0.830. The maximum atomic E-state index is 12.1. The molecule has 0 spiro atoms. The van der Waals surface area contributed by atoms with Crippen LogP contribution in [0.3, 0.4) is 0 Å². The largest absolute Gasteiger partial charge is 0.335 e. The van der Waals surface area contributed by atoms with Gasteiger partial charge in [0.15, 0.2) is 0 Å². The first kappa shape index (κ1) is 11.0. The van der Waals surface area contributed by atoms with E-state index in [2.05, 4.69) is 15.9 Å². The fourth-order valence-electron chi connectivity index (χ4n) is 4.95.